The molecule has 3 N–H and O–H groups in total. The third-order valence-electron chi connectivity index (χ3n) is 3.19. The number of hydrogen-bond donors (Lipinski definition) is 2. The van der Waals surface area contributed by atoms with Crippen molar-refractivity contribution in [3.63, 3.8) is 0 Å². The second kappa shape index (κ2) is 6.19. The zero-order valence-corrected chi connectivity index (χ0v) is 11.5. The first-order chi connectivity index (χ1) is 9.61. The van der Waals surface area contributed by atoms with Gasteiger partial charge in [0.15, 0.2) is 0 Å². The highest BCUT2D eigenvalue weighted by molar-refractivity contribution is 5.99. The number of amidine groups is 1. The number of fused-ring (bicyclic) bond motifs is 1. The lowest BCUT2D eigenvalue weighted by molar-refractivity contribution is -0.143. The van der Waals surface area contributed by atoms with Crippen LogP contribution in [0.15, 0.2) is 36.4 Å². The van der Waals surface area contributed by atoms with Crippen LogP contribution in [0.25, 0.3) is 10.8 Å². The Hall–Kier alpha value is -2.36. The monoisotopic (exact) mass is 270 g/mol. The van der Waals surface area contributed by atoms with Crippen LogP contribution < -0.4 is 5.73 Å². The maximum atomic E-state index is 11.4. The number of carbonyl (C=O) groups excluding carboxylic acids is 1. The molecule has 104 valence electrons. The van der Waals surface area contributed by atoms with Gasteiger partial charge in [-0.15, -0.1) is 0 Å². The first-order valence-electron chi connectivity index (χ1n) is 6.63. The molecule has 0 aliphatic rings. The molecule has 2 rings (SSSR count). The smallest absolute Gasteiger partial charge is 0.306 e. The maximum Gasteiger partial charge on any atom is 0.306 e. The Bertz CT molecular complexity index is 650. The molecule has 0 atom stereocenters. The molecule has 4 nitrogen and oxygen atoms in total. The molecule has 0 bridgehead atoms. The van der Waals surface area contributed by atoms with E-state index in [1.54, 1.807) is 6.92 Å². The molecule has 0 saturated carbocycles. The lowest BCUT2D eigenvalue weighted by Gasteiger charge is -2.08. The molecule has 0 spiro atoms. The van der Waals surface area contributed by atoms with Crippen LogP contribution in [0, 0.1) is 5.41 Å². The van der Waals surface area contributed by atoms with E-state index in [0.717, 1.165) is 16.3 Å². The topological polar surface area (TPSA) is 76.2 Å². The van der Waals surface area contributed by atoms with E-state index in [4.69, 9.17) is 15.9 Å². The van der Waals surface area contributed by atoms with E-state index in [2.05, 4.69) is 0 Å². The molecular formula is C16H18N2O2. The molecule has 0 aliphatic heterocycles. The van der Waals surface area contributed by atoms with Crippen molar-refractivity contribution in [2.45, 2.75) is 19.8 Å². The first kappa shape index (κ1) is 14.1. The molecular weight excluding hydrogens is 252 g/mol. The number of rotatable bonds is 5. The van der Waals surface area contributed by atoms with Crippen molar-refractivity contribution < 1.29 is 9.53 Å². The van der Waals surface area contributed by atoms with Crippen LogP contribution in [0.5, 0.6) is 0 Å². The molecule has 0 aliphatic carbocycles. The van der Waals surface area contributed by atoms with Gasteiger partial charge in [0.2, 0.25) is 0 Å². The minimum atomic E-state index is -0.176. The van der Waals surface area contributed by atoms with Gasteiger partial charge in [-0.05, 0) is 35.7 Å². The number of carbonyl (C=O) groups is 1. The van der Waals surface area contributed by atoms with Gasteiger partial charge in [0, 0.05) is 12.0 Å². The Labute approximate surface area is 118 Å². The summed E-state index contributed by atoms with van der Waals surface area (Å²) in [6.45, 7) is 2.22. The molecule has 0 unspecified atom stereocenters. The predicted molar refractivity (Wildman–Crippen MR) is 79.9 cm³/mol. The number of hydrogen-bond acceptors (Lipinski definition) is 3. The highest BCUT2D eigenvalue weighted by Crippen LogP contribution is 2.21. The lowest BCUT2D eigenvalue weighted by Crippen LogP contribution is -2.10. The van der Waals surface area contributed by atoms with Crippen LogP contribution in [-0.4, -0.2) is 18.4 Å². The number of benzene rings is 2. The zero-order chi connectivity index (χ0) is 14.5. The number of aryl methyl sites for hydroxylation is 1. The Morgan fingerprint density at radius 2 is 2.10 bits per heavy atom. The number of esters is 1. The fraction of sp³-hybridized carbons (Fsp3) is 0.250. The second-order valence-electron chi connectivity index (χ2n) is 4.57. The summed E-state index contributed by atoms with van der Waals surface area (Å²) >= 11 is 0. The van der Waals surface area contributed by atoms with E-state index >= 15 is 0 Å². The van der Waals surface area contributed by atoms with Gasteiger partial charge in [-0.1, -0.05) is 30.3 Å². The number of nitrogens with two attached hydrogens (primary N) is 1. The van der Waals surface area contributed by atoms with Crippen molar-refractivity contribution in [3.05, 3.63) is 47.5 Å². The van der Waals surface area contributed by atoms with E-state index in [1.165, 1.54) is 0 Å². The Balaban J connectivity index is 2.26. The second-order valence-corrected chi connectivity index (χ2v) is 4.57. The van der Waals surface area contributed by atoms with E-state index in [1.807, 2.05) is 36.4 Å². The van der Waals surface area contributed by atoms with Gasteiger partial charge >= 0.3 is 5.97 Å². The van der Waals surface area contributed by atoms with E-state index in [-0.39, 0.29) is 11.8 Å². The normalized spacial score (nSPS) is 10.4. The van der Waals surface area contributed by atoms with E-state index in [9.17, 15) is 4.79 Å². The summed E-state index contributed by atoms with van der Waals surface area (Å²) in [4.78, 5) is 11.4. The maximum absolute atomic E-state index is 11.4. The quantitative estimate of drug-likeness (QED) is 0.498. The highest BCUT2D eigenvalue weighted by Gasteiger charge is 2.07. The Morgan fingerprint density at radius 3 is 2.80 bits per heavy atom. The molecule has 4 heteroatoms. The van der Waals surface area contributed by atoms with Crippen molar-refractivity contribution in [3.8, 4) is 0 Å². The van der Waals surface area contributed by atoms with Gasteiger partial charge in [-0.2, -0.15) is 0 Å². The summed E-state index contributed by atoms with van der Waals surface area (Å²) in [5, 5.41) is 9.58. The summed E-state index contributed by atoms with van der Waals surface area (Å²) in [7, 11) is 0. The summed E-state index contributed by atoms with van der Waals surface area (Å²) in [5.41, 5.74) is 7.31. The van der Waals surface area contributed by atoms with Gasteiger partial charge in [0.25, 0.3) is 0 Å². The third-order valence-corrected chi connectivity index (χ3v) is 3.19. The fourth-order valence-electron chi connectivity index (χ4n) is 2.21. The standard InChI is InChI=1S/C16H18N2O2/c1-2-20-15(19)9-7-11-4-3-5-12-10-13(16(17)18)6-8-14(11)12/h3-6,8,10H,2,7,9H2,1H3,(H3,17,18). The number of ether oxygens (including phenoxy) is 1. The summed E-state index contributed by atoms with van der Waals surface area (Å²) < 4.78 is 4.94. The third kappa shape index (κ3) is 3.15. The summed E-state index contributed by atoms with van der Waals surface area (Å²) in [5.74, 6) is -0.117. The molecule has 2 aromatic carbocycles. The van der Waals surface area contributed by atoms with Crippen molar-refractivity contribution in [2.24, 2.45) is 5.73 Å². The van der Waals surface area contributed by atoms with Crippen LogP contribution in [0.4, 0.5) is 0 Å². The van der Waals surface area contributed by atoms with Crippen molar-refractivity contribution in [2.75, 3.05) is 6.61 Å². The summed E-state index contributed by atoms with van der Waals surface area (Å²) in [6.07, 6.45) is 1.02. The largest absolute Gasteiger partial charge is 0.466 e. The lowest BCUT2D eigenvalue weighted by atomic mass is 9.99. The predicted octanol–water partition coefficient (Wildman–Crippen LogP) is 2.62. The minimum absolute atomic E-state index is 0.0591. The highest BCUT2D eigenvalue weighted by atomic mass is 16.5. The Morgan fingerprint density at radius 1 is 1.30 bits per heavy atom. The molecule has 0 aromatic heterocycles. The minimum Gasteiger partial charge on any atom is -0.466 e. The zero-order valence-electron chi connectivity index (χ0n) is 11.5. The van der Waals surface area contributed by atoms with E-state index in [0.29, 0.717) is 25.0 Å². The van der Waals surface area contributed by atoms with E-state index < -0.39 is 0 Å². The van der Waals surface area contributed by atoms with Gasteiger partial charge in [-0.3, -0.25) is 10.2 Å². The average Bonchev–Trinajstić information content (AvgIpc) is 2.44. The van der Waals surface area contributed by atoms with Gasteiger partial charge in [0.1, 0.15) is 5.84 Å². The molecule has 0 fully saturated rings. The van der Waals surface area contributed by atoms with Crippen LogP contribution in [0.1, 0.15) is 24.5 Å². The molecule has 20 heavy (non-hydrogen) atoms. The van der Waals surface area contributed by atoms with Crippen LogP contribution in [0.2, 0.25) is 0 Å². The van der Waals surface area contributed by atoms with Gasteiger partial charge in [0.05, 0.1) is 6.61 Å². The molecule has 0 saturated heterocycles. The Kier molecular flexibility index (Phi) is 4.35. The van der Waals surface area contributed by atoms with Crippen LogP contribution >= 0.6 is 0 Å². The first-order valence-corrected chi connectivity index (χ1v) is 6.63. The molecule has 0 radical (unpaired) electrons. The molecule has 0 heterocycles. The van der Waals surface area contributed by atoms with Crippen molar-refractivity contribution >= 4 is 22.6 Å². The van der Waals surface area contributed by atoms with Gasteiger partial charge < -0.3 is 10.5 Å². The average molecular weight is 270 g/mol. The number of nitrogens with one attached hydrogen (secondary N) is 1. The molecule has 2 aromatic rings. The van der Waals surface area contributed by atoms with Crippen LogP contribution in [-0.2, 0) is 16.0 Å². The number of nitrogen functional groups attached to an aromatic ring is 1. The van der Waals surface area contributed by atoms with Crippen LogP contribution in [0.3, 0.4) is 0 Å². The summed E-state index contributed by atoms with van der Waals surface area (Å²) in [6, 6.07) is 11.6. The van der Waals surface area contributed by atoms with Crippen molar-refractivity contribution in [1.82, 2.24) is 0 Å². The fourth-order valence-corrected chi connectivity index (χ4v) is 2.21. The van der Waals surface area contributed by atoms with Gasteiger partial charge in [-0.25, -0.2) is 0 Å². The SMILES string of the molecule is CCOC(=O)CCc1cccc2cc(C(=N)N)ccc12. The van der Waals surface area contributed by atoms with Crippen molar-refractivity contribution in [1.29, 1.82) is 5.41 Å². The molecule has 0 amide bonds.